The van der Waals surface area contributed by atoms with Crippen LogP contribution in [0.2, 0.25) is 0 Å². The number of anilines is 1. The molecule has 0 bridgehead atoms. The van der Waals surface area contributed by atoms with Gasteiger partial charge < -0.3 is 14.8 Å². The maximum atomic E-state index is 13.7. The molecule has 2 aromatic carbocycles. The molecular formula is C20H22FNO3. The molecule has 2 aromatic rings. The van der Waals surface area contributed by atoms with E-state index in [2.05, 4.69) is 5.32 Å². The number of amides is 1. The predicted molar refractivity (Wildman–Crippen MR) is 97.6 cm³/mol. The van der Waals surface area contributed by atoms with Gasteiger partial charge in [-0.1, -0.05) is 12.1 Å². The molecule has 0 aromatic heterocycles. The summed E-state index contributed by atoms with van der Waals surface area (Å²) in [5.74, 6) is 0.345. The lowest BCUT2D eigenvalue weighted by atomic mass is 10.1. The first kappa shape index (κ1) is 18.5. The second-order valence-electron chi connectivity index (χ2n) is 5.88. The van der Waals surface area contributed by atoms with Crippen molar-refractivity contribution in [2.45, 2.75) is 26.9 Å². The molecule has 5 heteroatoms. The summed E-state index contributed by atoms with van der Waals surface area (Å²) >= 11 is 0. The van der Waals surface area contributed by atoms with Crippen LogP contribution in [0.1, 0.15) is 25.0 Å². The topological polar surface area (TPSA) is 47.6 Å². The number of benzene rings is 2. The molecule has 0 spiro atoms. The van der Waals surface area contributed by atoms with Gasteiger partial charge in [0.15, 0.2) is 11.5 Å². The van der Waals surface area contributed by atoms with Crippen molar-refractivity contribution in [3.8, 4) is 11.5 Å². The summed E-state index contributed by atoms with van der Waals surface area (Å²) in [5.41, 5.74) is 1.80. The van der Waals surface area contributed by atoms with Crippen LogP contribution in [0.3, 0.4) is 0 Å². The number of rotatable bonds is 6. The zero-order chi connectivity index (χ0) is 18.4. The van der Waals surface area contributed by atoms with Crippen molar-refractivity contribution in [3.63, 3.8) is 0 Å². The number of carbonyl (C=O) groups excluding carboxylic acids is 1. The Labute approximate surface area is 147 Å². The summed E-state index contributed by atoms with van der Waals surface area (Å²) in [6.07, 6.45) is 3.01. The van der Waals surface area contributed by atoms with Gasteiger partial charge in [-0.2, -0.15) is 0 Å². The number of nitrogens with one attached hydrogen (secondary N) is 1. The van der Waals surface area contributed by atoms with Gasteiger partial charge >= 0.3 is 0 Å². The average Bonchev–Trinajstić information content (AvgIpc) is 2.56. The first-order valence-electron chi connectivity index (χ1n) is 7.99. The van der Waals surface area contributed by atoms with Crippen molar-refractivity contribution < 1.29 is 18.7 Å². The molecule has 1 N–H and O–H groups in total. The summed E-state index contributed by atoms with van der Waals surface area (Å²) in [5, 5.41) is 2.53. The van der Waals surface area contributed by atoms with E-state index >= 15 is 0 Å². The highest BCUT2D eigenvalue weighted by Crippen LogP contribution is 2.29. The largest absolute Gasteiger partial charge is 0.493 e. The molecule has 1 amide bonds. The van der Waals surface area contributed by atoms with Gasteiger partial charge in [0.2, 0.25) is 5.91 Å². The molecule has 0 aliphatic carbocycles. The van der Waals surface area contributed by atoms with E-state index in [-0.39, 0.29) is 11.8 Å². The van der Waals surface area contributed by atoms with Crippen LogP contribution in [0.15, 0.2) is 42.5 Å². The van der Waals surface area contributed by atoms with Crippen molar-refractivity contribution in [1.82, 2.24) is 0 Å². The minimum Gasteiger partial charge on any atom is -0.493 e. The van der Waals surface area contributed by atoms with Crippen LogP contribution < -0.4 is 14.8 Å². The lowest BCUT2D eigenvalue weighted by Gasteiger charge is -2.13. The number of ether oxygens (including phenoxy) is 2. The van der Waals surface area contributed by atoms with E-state index in [0.717, 1.165) is 11.1 Å². The van der Waals surface area contributed by atoms with Gasteiger partial charge in [0.25, 0.3) is 0 Å². The zero-order valence-electron chi connectivity index (χ0n) is 14.8. The van der Waals surface area contributed by atoms with E-state index in [1.165, 1.54) is 12.1 Å². The van der Waals surface area contributed by atoms with Crippen LogP contribution in [0.5, 0.6) is 11.5 Å². The molecular weight excluding hydrogens is 321 g/mol. The van der Waals surface area contributed by atoms with Crippen molar-refractivity contribution in [2.75, 3.05) is 12.4 Å². The number of aryl methyl sites for hydroxylation is 1. The Bertz CT molecular complexity index is 785. The SMILES string of the molecule is COc1cc(/C=C/C(=O)Nc2cc(C)ccc2F)ccc1OC(C)C. The van der Waals surface area contributed by atoms with Crippen LogP contribution in [-0.2, 0) is 4.79 Å². The summed E-state index contributed by atoms with van der Waals surface area (Å²) in [6, 6.07) is 9.94. The second-order valence-corrected chi connectivity index (χ2v) is 5.88. The molecule has 0 unspecified atom stereocenters. The molecule has 132 valence electrons. The van der Waals surface area contributed by atoms with Gasteiger partial charge in [-0.05, 0) is 62.2 Å². The highest BCUT2D eigenvalue weighted by Gasteiger charge is 2.07. The Morgan fingerprint density at radius 2 is 1.92 bits per heavy atom. The van der Waals surface area contributed by atoms with Gasteiger partial charge in [-0.3, -0.25) is 4.79 Å². The fourth-order valence-electron chi connectivity index (χ4n) is 2.22. The van der Waals surface area contributed by atoms with Crippen LogP contribution in [-0.4, -0.2) is 19.1 Å². The molecule has 0 fully saturated rings. The number of halogens is 1. The summed E-state index contributed by atoms with van der Waals surface area (Å²) < 4.78 is 24.6. The highest BCUT2D eigenvalue weighted by molar-refractivity contribution is 6.02. The fourth-order valence-corrected chi connectivity index (χ4v) is 2.22. The summed E-state index contributed by atoms with van der Waals surface area (Å²) in [6.45, 7) is 5.70. The van der Waals surface area contributed by atoms with E-state index < -0.39 is 11.7 Å². The lowest BCUT2D eigenvalue weighted by molar-refractivity contribution is -0.111. The van der Waals surface area contributed by atoms with E-state index in [1.807, 2.05) is 26.8 Å². The van der Waals surface area contributed by atoms with E-state index in [0.29, 0.717) is 11.5 Å². The van der Waals surface area contributed by atoms with Crippen LogP contribution >= 0.6 is 0 Å². The van der Waals surface area contributed by atoms with Gasteiger partial charge in [0.1, 0.15) is 5.82 Å². The van der Waals surface area contributed by atoms with Gasteiger partial charge in [0, 0.05) is 6.08 Å². The van der Waals surface area contributed by atoms with E-state index in [4.69, 9.17) is 9.47 Å². The van der Waals surface area contributed by atoms with Crippen molar-refractivity contribution >= 4 is 17.7 Å². The first-order valence-corrected chi connectivity index (χ1v) is 7.99. The Hall–Kier alpha value is -2.82. The molecule has 0 heterocycles. The Morgan fingerprint density at radius 3 is 2.60 bits per heavy atom. The Morgan fingerprint density at radius 1 is 1.16 bits per heavy atom. The summed E-state index contributed by atoms with van der Waals surface area (Å²) in [7, 11) is 1.56. The van der Waals surface area contributed by atoms with Crippen LogP contribution in [0, 0.1) is 12.7 Å². The predicted octanol–water partition coefficient (Wildman–Crippen LogP) is 4.58. The normalized spacial score (nSPS) is 11.0. The highest BCUT2D eigenvalue weighted by atomic mass is 19.1. The minimum atomic E-state index is -0.468. The van der Waals surface area contributed by atoms with Crippen molar-refractivity contribution in [2.24, 2.45) is 0 Å². The molecule has 4 nitrogen and oxygen atoms in total. The van der Waals surface area contributed by atoms with E-state index in [1.54, 1.807) is 37.5 Å². The maximum absolute atomic E-state index is 13.7. The number of hydrogen-bond donors (Lipinski definition) is 1. The number of hydrogen-bond acceptors (Lipinski definition) is 3. The minimum absolute atomic E-state index is 0.0327. The third kappa shape index (κ3) is 5.35. The maximum Gasteiger partial charge on any atom is 0.248 e. The third-order valence-electron chi connectivity index (χ3n) is 3.36. The van der Waals surface area contributed by atoms with Crippen LogP contribution in [0.25, 0.3) is 6.08 Å². The Kier molecular flexibility index (Phi) is 6.17. The summed E-state index contributed by atoms with van der Waals surface area (Å²) in [4.78, 5) is 12.0. The second kappa shape index (κ2) is 8.33. The molecule has 0 aliphatic heterocycles. The van der Waals surface area contributed by atoms with Gasteiger partial charge in [-0.25, -0.2) is 4.39 Å². The van der Waals surface area contributed by atoms with Crippen molar-refractivity contribution in [1.29, 1.82) is 0 Å². The molecule has 25 heavy (non-hydrogen) atoms. The third-order valence-corrected chi connectivity index (χ3v) is 3.36. The zero-order valence-corrected chi connectivity index (χ0v) is 14.8. The standard InChI is InChI=1S/C20H22FNO3/c1-13(2)25-18-9-6-15(12-19(18)24-4)7-10-20(23)22-17-11-14(3)5-8-16(17)21/h5-13H,1-4H3,(H,22,23)/b10-7+. The molecule has 0 atom stereocenters. The monoisotopic (exact) mass is 343 g/mol. The van der Waals surface area contributed by atoms with Gasteiger partial charge in [0.05, 0.1) is 18.9 Å². The molecule has 0 saturated heterocycles. The van der Waals surface area contributed by atoms with Crippen LogP contribution in [0.4, 0.5) is 10.1 Å². The molecule has 0 radical (unpaired) electrons. The molecule has 0 saturated carbocycles. The first-order chi connectivity index (χ1) is 11.9. The van der Waals surface area contributed by atoms with E-state index in [9.17, 15) is 9.18 Å². The fraction of sp³-hybridized carbons (Fsp3) is 0.250. The molecule has 2 rings (SSSR count). The van der Waals surface area contributed by atoms with Gasteiger partial charge in [-0.15, -0.1) is 0 Å². The number of methoxy groups -OCH3 is 1. The number of carbonyl (C=O) groups is 1. The molecule has 0 aliphatic rings. The lowest BCUT2D eigenvalue weighted by Crippen LogP contribution is -2.09. The quantitative estimate of drug-likeness (QED) is 0.781. The Balaban J connectivity index is 2.10. The average molecular weight is 343 g/mol. The smallest absolute Gasteiger partial charge is 0.248 e. The van der Waals surface area contributed by atoms with Crippen molar-refractivity contribution in [3.05, 3.63) is 59.4 Å².